The fraction of sp³-hybridized carbons (Fsp3) is 0.474. The van der Waals surface area contributed by atoms with Crippen molar-refractivity contribution in [2.75, 3.05) is 0 Å². The first-order valence-corrected chi connectivity index (χ1v) is 9.34. The number of amides is 1. The van der Waals surface area contributed by atoms with Gasteiger partial charge >= 0.3 is 6.18 Å². The van der Waals surface area contributed by atoms with Gasteiger partial charge in [0.15, 0.2) is 11.5 Å². The van der Waals surface area contributed by atoms with Crippen molar-refractivity contribution in [3.8, 4) is 17.3 Å². The van der Waals surface area contributed by atoms with Crippen molar-refractivity contribution in [1.82, 2.24) is 20.3 Å². The molecule has 29 heavy (non-hydrogen) atoms. The lowest BCUT2D eigenvalue weighted by Gasteiger charge is -2.28. The lowest BCUT2D eigenvalue weighted by Crippen LogP contribution is -2.39. The second kappa shape index (κ2) is 8.22. The molecule has 0 saturated heterocycles. The minimum Gasteiger partial charge on any atom is -0.501 e. The maximum absolute atomic E-state index is 12.9. The maximum Gasteiger partial charge on any atom is 0.416 e. The van der Waals surface area contributed by atoms with E-state index in [4.69, 9.17) is 0 Å². The van der Waals surface area contributed by atoms with Crippen LogP contribution in [0.3, 0.4) is 0 Å². The van der Waals surface area contributed by atoms with Gasteiger partial charge in [0.05, 0.1) is 5.56 Å². The molecule has 0 aliphatic heterocycles. The van der Waals surface area contributed by atoms with Crippen LogP contribution in [0.4, 0.5) is 13.2 Å². The van der Waals surface area contributed by atoms with Crippen LogP contribution >= 0.6 is 0 Å². The zero-order valence-electron chi connectivity index (χ0n) is 15.7. The molecule has 1 saturated carbocycles. The molecule has 7 nitrogen and oxygen atoms in total. The van der Waals surface area contributed by atoms with Gasteiger partial charge in [-0.1, -0.05) is 19.3 Å². The quantitative estimate of drug-likeness (QED) is 0.717. The normalized spacial score (nSPS) is 16.4. The summed E-state index contributed by atoms with van der Waals surface area (Å²) in [5, 5.41) is 12.7. The Morgan fingerprint density at radius 2 is 2.00 bits per heavy atom. The third-order valence-corrected chi connectivity index (χ3v) is 5.16. The number of aromatic amines is 1. The number of aromatic hydroxyl groups is 1. The van der Waals surface area contributed by atoms with Crippen molar-refractivity contribution in [3.63, 3.8) is 0 Å². The molecule has 1 fully saturated rings. The topological polar surface area (TPSA) is 108 Å². The van der Waals surface area contributed by atoms with E-state index in [1.165, 1.54) is 0 Å². The number of hydrogen-bond acceptors (Lipinski definition) is 5. The molecule has 0 aromatic carbocycles. The van der Waals surface area contributed by atoms with Gasteiger partial charge in [-0.3, -0.25) is 14.6 Å². The van der Waals surface area contributed by atoms with Gasteiger partial charge < -0.3 is 15.4 Å². The number of nitrogens with zero attached hydrogens (tertiary/aromatic N) is 2. The summed E-state index contributed by atoms with van der Waals surface area (Å²) in [6.45, 7) is 1.84. The molecular formula is C19H21F3N4O3. The zero-order valence-corrected chi connectivity index (χ0v) is 15.7. The molecule has 156 valence electrons. The van der Waals surface area contributed by atoms with Crippen LogP contribution in [-0.2, 0) is 6.18 Å². The highest BCUT2D eigenvalue weighted by atomic mass is 19.4. The highest BCUT2D eigenvalue weighted by Crippen LogP contribution is 2.30. The summed E-state index contributed by atoms with van der Waals surface area (Å²) in [4.78, 5) is 34.4. The van der Waals surface area contributed by atoms with Crippen LogP contribution in [0.1, 0.15) is 55.1 Å². The van der Waals surface area contributed by atoms with Crippen LogP contribution in [0.2, 0.25) is 0 Å². The number of rotatable bonds is 4. The Balaban J connectivity index is 1.90. The third kappa shape index (κ3) is 4.75. The second-order valence-electron chi connectivity index (χ2n) is 7.20. The SMILES string of the molecule is C[C@@H](NC(=O)c1nc(-c2cc(C(F)(F)F)ccn2)[nH]c(=O)c1O)C1CCCCC1. The molecule has 2 aromatic heterocycles. The van der Waals surface area contributed by atoms with Gasteiger partial charge in [-0.25, -0.2) is 4.98 Å². The Morgan fingerprint density at radius 3 is 2.66 bits per heavy atom. The predicted octanol–water partition coefficient (Wildman–Crippen LogP) is 3.25. The van der Waals surface area contributed by atoms with Crippen molar-refractivity contribution < 1.29 is 23.1 Å². The van der Waals surface area contributed by atoms with Crippen molar-refractivity contribution in [3.05, 3.63) is 39.9 Å². The lowest BCUT2D eigenvalue weighted by molar-refractivity contribution is -0.137. The van der Waals surface area contributed by atoms with Crippen LogP contribution in [0, 0.1) is 5.92 Å². The molecule has 10 heteroatoms. The molecule has 1 atom stereocenters. The molecule has 0 unspecified atom stereocenters. The van der Waals surface area contributed by atoms with E-state index < -0.39 is 34.6 Å². The number of H-pyrrole nitrogens is 1. The number of pyridine rings is 1. The summed E-state index contributed by atoms with van der Waals surface area (Å²) < 4.78 is 38.8. The Bertz CT molecular complexity index is 952. The highest BCUT2D eigenvalue weighted by molar-refractivity contribution is 5.95. The molecule has 1 aliphatic rings. The lowest BCUT2D eigenvalue weighted by atomic mass is 9.84. The molecule has 0 spiro atoms. The van der Waals surface area contributed by atoms with Crippen LogP contribution in [0.15, 0.2) is 23.1 Å². The fourth-order valence-corrected chi connectivity index (χ4v) is 3.51. The van der Waals surface area contributed by atoms with Crippen LogP contribution in [-0.4, -0.2) is 32.0 Å². The van der Waals surface area contributed by atoms with E-state index in [1.54, 1.807) is 0 Å². The summed E-state index contributed by atoms with van der Waals surface area (Å²) >= 11 is 0. The second-order valence-corrected chi connectivity index (χ2v) is 7.20. The van der Waals surface area contributed by atoms with Gasteiger partial charge in [0.2, 0.25) is 5.75 Å². The molecule has 2 heterocycles. The number of nitrogens with one attached hydrogen (secondary N) is 2. The predicted molar refractivity (Wildman–Crippen MR) is 98.3 cm³/mol. The Hall–Kier alpha value is -2.91. The van der Waals surface area contributed by atoms with Gasteiger partial charge in [0.1, 0.15) is 5.69 Å². The number of halogens is 3. The summed E-state index contributed by atoms with van der Waals surface area (Å²) in [7, 11) is 0. The average molecular weight is 410 g/mol. The van der Waals surface area contributed by atoms with Crippen LogP contribution in [0.5, 0.6) is 5.75 Å². The molecule has 1 aliphatic carbocycles. The minimum atomic E-state index is -4.61. The Morgan fingerprint density at radius 1 is 1.31 bits per heavy atom. The van der Waals surface area contributed by atoms with Gasteiger partial charge in [0, 0.05) is 12.2 Å². The molecule has 0 radical (unpaired) electrons. The average Bonchev–Trinajstić information content (AvgIpc) is 2.70. The maximum atomic E-state index is 12.9. The van der Waals surface area contributed by atoms with Crippen molar-refractivity contribution in [1.29, 1.82) is 0 Å². The third-order valence-electron chi connectivity index (χ3n) is 5.16. The van der Waals surface area contributed by atoms with Gasteiger partial charge in [0.25, 0.3) is 11.5 Å². The summed E-state index contributed by atoms with van der Waals surface area (Å²) in [6.07, 6.45) is 1.56. The Labute approximate surface area is 164 Å². The monoisotopic (exact) mass is 410 g/mol. The van der Waals surface area contributed by atoms with Crippen molar-refractivity contribution in [2.24, 2.45) is 5.92 Å². The smallest absolute Gasteiger partial charge is 0.416 e. The molecule has 3 N–H and O–H groups in total. The summed E-state index contributed by atoms with van der Waals surface area (Å²) in [5.74, 6) is -1.72. The molecule has 0 bridgehead atoms. The molecule has 2 aromatic rings. The van der Waals surface area contributed by atoms with Gasteiger partial charge in [-0.15, -0.1) is 0 Å². The number of carbonyl (C=O) groups excluding carboxylic acids is 1. The number of alkyl halides is 3. The molecule has 1 amide bonds. The van der Waals surface area contributed by atoms with E-state index in [1.807, 2.05) is 6.92 Å². The number of aromatic nitrogens is 3. The van der Waals surface area contributed by atoms with Crippen LogP contribution < -0.4 is 10.9 Å². The first-order chi connectivity index (χ1) is 13.7. The minimum absolute atomic E-state index is 0.196. The van der Waals surface area contributed by atoms with Crippen molar-refractivity contribution in [2.45, 2.75) is 51.2 Å². The van der Waals surface area contributed by atoms with E-state index in [0.29, 0.717) is 6.07 Å². The largest absolute Gasteiger partial charge is 0.501 e. The first kappa shape index (κ1) is 20.8. The fourth-order valence-electron chi connectivity index (χ4n) is 3.51. The first-order valence-electron chi connectivity index (χ1n) is 9.34. The van der Waals surface area contributed by atoms with E-state index in [0.717, 1.165) is 44.4 Å². The Kier molecular flexibility index (Phi) is 5.90. The standard InChI is InChI=1S/C19H21F3N4O3/c1-10(11-5-3-2-4-6-11)24-17(28)14-15(27)18(29)26-16(25-14)13-9-12(7-8-23-13)19(20,21)22/h7-11,27H,2-6H2,1H3,(H,24,28)(H,25,26,29)/t10-/m1/s1. The summed E-state index contributed by atoms with van der Waals surface area (Å²) in [6, 6.07) is 1.29. The zero-order chi connectivity index (χ0) is 21.2. The molecular weight excluding hydrogens is 389 g/mol. The van der Waals surface area contributed by atoms with Gasteiger partial charge in [-0.05, 0) is 37.8 Å². The van der Waals surface area contributed by atoms with E-state index in [-0.39, 0.29) is 23.5 Å². The van der Waals surface area contributed by atoms with E-state index in [2.05, 4.69) is 20.3 Å². The van der Waals surface area contributed by atoms with Crippen molar-refractivity contribution >= 4 is 5.91 Å². The molecule has 3 rings (SSSR count). The van der Waals surface area contributed by atoms with E-state index in [9.17, 15) is 27.9 Å². The van der Waals surface area contributed by atoms with Gasteiger partial charge in [-0.2, -0.15) is 13.2 Å². The summed E-state index contributed by atoms with van der Waals surface area (Å²) in [5.41, 5.74) is -2.84. The van der Waals surface area contributed by atoms with E-state index >= 15 is 0 Å². The van der Waals surface area contributed by atoms with Crippen LogP contribution in [0.25, 0.3) is 11.5 Å². The highest BCUT2D eigenvalue weighted by Gasteiger charge is 2.31. The number of carbonyl (C=O) groups is 1. The number of hydrogen-bond donors (Lipinski definition) is 3.